The molecule has 0 atom stereocenters. The number of carbonyl (C=O) groups excluding carboxylic acids is 1. The molecule has 4 N–H and O–H groups in total. The van der Waals surface area contributed by atoms with Crippen LogP contribution < -0.4 is 0 Å². The van der Waals surface area contributed by atoms with Crippen molar-refractivity contribution < 1.29 is 44.3 Å². The number of carbonyl (C=O) groups is 3. The van der Waals surface area contributed by atoms with Gasteiger partial charge in [-0.05, 0) is 41.5 Å². The second kappa shape index (κ2) is 9.70. The maximum atomic E-state index is 11.0. The summed E-state index contributed by atoms with van der Waals surface area (Å²) >= 11 is 0. The first-order valence-corrected chi connectivity index (χ1v) is 5.32. The monoisotopic (exact) mass is 298 g/mol. The third kappa shape index (κ3) is 56.9. The molecule has 0 aromatic carbocycles. The van der Waals surface area contributed by atoms with E-state index in [1.165, 1.54) is 0 Å². The first-order valence-electron chi connectivity index (χ1n) is 5.32. The van der Waals surface area contributed by atoms with Crippen molar-refractivity contribution >= 4 is 18.5 Å². The van der Waals surface area contributed by atoms with Gasteiger partial charge in [0, 0.05) is 0 Å². The van der Waals surface area contributed by atoms with Crippen molar-refractivity contribution in [2.45, 2.75) is 52.7 Å². The van der Waals surface area contributed by atoms with Crippen molar-refractivity contribution in [2.75, 3.05) is 0 Å². The third-order valence-corrected chi connectivity index (χ3v) is 0.779. The van der Waals surface area contributed by atoms with Gasteiger partial charge in [0.05, 0.1) is 0 Å². The second-order valence-electron chi connectivity index (χ2n) is 5.24. The standard InChI is InChI=1S/C9H18O3.2CH2O3/c1-8(2,3)11-7(10)12-9(4,5)6;2*2-1(3)4/h1-6H3;2*(H2,2,3,4). The normalized spacial score (nSPS) is 9.90. The van der Waals surface area contributed by atoms with Gasteiger partial charge in [0.15, 0.2) is 0 Å². The quantitative estimate of drug-likeness (QED) is 0.494. The predicted octanol–water partition coefficient (Wildman–Crippen LogP) is 3.18. The van der Waals surface area contributed by atoms with Gasteiger partial charge >= 0.3 is 18.5 Å². The Kier molecular flexibility index (Phi) is 11.1. The zero-order valence-corrected chi connectivity index (χ0v) is 12.3. The van der Waals surface area contributed by atoms with Crippen LogP contribution in [0, 0.1) is 0 Å². The van der Waals surface area contributed by atoms with Crippen molar-refractivity contribution in [3.05, 3.63) is 0 Å². The highest BCUT2D eigenvalue weighted by Gasteiger charge is 2.22. The van der Waals surface area contributed by atoms with Gasteiger partial charge < -0.3 is 29.9 Å². The number of hydrogen-bond acceptors (Lipinski definition) is 5. The molecule has 120 valence electrons. The first kappa shape index (κ1) is 22.9. The summed E-state index contributed by atoms with van der Waals surface area (Å²) in [5.41, 5.74) is -0.968. The molecule has 0 aromatic heterocycles. The topological polar surface area (TPSA) is 151 Å². The van der Waals surface area contributed by atoms with E-state index >= 15 is 0 Å². The van der Waals surface area contributed by atoms with E-state index in [1.54, 1.807) is 41.5 Å². The molecule has 0 heterocycles. The second-order valence-corrected chi connectivity index (χ2v) is 5.24. The minimum Gasteiger partial charge on any atom is -0.450 e. The highest BCUT2D eigenvalue weighted by atomic mass is 16.7. The number of rotatable bonds is 0. The fourth-order valence-corrected chi connectivity index (χ4v) is 0.521. The molecule has 0 fully saturated rings. The lowest BCUT2D eigenvalue weighted by molar-refractivity contribution is -0.0468. The van der Waals surface area contributed by atoms with Crippen LogP contribution in [-0.2, 0) is 9.47 Å². The zero-order chi connectivity index (χ0) is 17.1. The van der Waals surface area contributed by atoms with Crippen molar-refractivity contribution in [1.29, 1.82) is 0 Å². The van der Waals surface area contributed by atoms with Crippen LogP contribution in [-0.4, -0.2) is 50.1 Å². The third-order valence-electron chi connectivity index (χ3n) is 0.779. The maximum Gasteiger partial charge on any atom is 0.509 e. The Morgan fingerprint density at radius 3 is 0.900 bits per heavy atom. The molecule has 0 bridgehead atoms. The smallest absolute Gasteiger partial charge is 0.450 e. The summed E-state index contributed by atoms with van der Waals surface area (Å²) in [6.45, 7) is 10.8. The van der Waals surface area contributed by atoms with E-state index in [4.69, 9.17) is 39.5 Å². The molecule has 0 aliphatic rings. The molecule has 9 nitrogen and oxygen atoms in total. The molecule has 0 unspecified atom stereocenters. The average molecular weight is 298 g/mol. The molecular weight excluding hydrogens is 276 g/mol. The lowest BCUT2D eigenvalue weighted by Gasteiger charge is -2.24. The van der Waals surface area contributed by atoms with Crippen LogP contribution in [0.3, 0.4) is 0 Å². The van der Waals surface area contributed by atoms with Crippen molar-refractivity contribution in [3.8, 4) is 0 Å². The zero-order valence-electron chi connectivity index (χ0n) is 12.3. The van der Waals surface area contributed by atoms with E-state index in [0.717, 1.165) is 0 Å². The Labute approximate surface area is 116 Å². The molecular formula is C11H22O9. The van der Waals surface area contributed by atoms with Gasteiger partial charge in [-0.25, -0.2) is 14.4 Å². The van der Waals surface area contributed by atoms with Crippen molar-refractivity contribution in [1.82, 2.24) is 0 Å². The van der Waals surface area contributed by atoms with Gasteiger partial charge in [-0.3, -0.25) is 0 Å². The summed E-state index contributed by atoms with van der Waals surface area (Å²) in [4.78, 5) is 28.1. The molecule has 20 heavy (non-hydrogen) atoms. The van der Waals surface area contributed by atoms with Crippen LogP contribution in [0.1, 0.15) is 41.5 Å². The van der Waals surface area contributed by atoms with Gasteiger partial charge in [-0.2, -0.15) is 0 Å². The van der Waals surface area contributed by atoms with E-state index in [-0.39, 0.29) is 0 Å². The summed E-state index contributed by atoms with van der Waals surface area (Å²) in [5, 5.41) is 27.9. The van der Waals surface area contributed by atoms with Crippen LogP contribution in [0.5, 0.6) is 0 Å². The van der Waals surface area contributed by atoms with Gasteiger partial charge in [0.2, 0.25) is 0 Å². The van der Waals surface area contributed by atoms with E-state index in [0.29, 0.717) is 0 Å². The molecule has 0 saturated heterocycles. The minimum absolute atomic E-state index is 0.484. The van der Waals surface area contributed by atoms with Crippen LogP contribution in [0.15, 0.2) is 0 Å². The van der Waals surface area contributed by atoms with E-state index in [9.17, 15) is 4.79 Å². The van der Waals surface area contributed by atoms with Gasteiger partial charge in [-0.15, -0.1) is 0 Å². The summed E-state index contributed by atoms with van der Waals surface area (Å²) in [5.74, 6) is 0. The Bertz CT molecular complexity index is 271. The lowest BCUT2D eigenvalue weighted by atomic mass is 10.2. The van der Waals surface area contributed by atoms with Gasteiger partial charge in [0.1, 0.15) is 11.2 Å². The average Bonchev–Trinajstić information content (AvgIpc) is 1.90. The Morgan fingerprint density at radius 2 is 0.800 bits per heavy atom. The van der Waals surface area contributed by atoms with Gasteiger partial charge in [-0.1, -0.05) is 0 Å². The summed E-state index contributed by atoms with van der Waals surface area (Å²) < 4.78 is 9.91. The molecule has 0 rings (SSSR count). The maximum absolute atomic E-state index is 11.0. The Balaban J connectivity index is -0.000000297. The molecule has 0 aromatic rings. The lowest BCUT2D eigenvalue weighted by Crippen LogP contribution is -2.30. The van der Waals surface area contributed by atoms with Crippen LogP contribution in [0.25, 0.3) is 0 Å². The van der Waals surface area contributed by atoms with Gasteiger partial charge in [0.25, 0.3) is 0 Å². The Morgan fingerprint density at radius 1 is 0.650 bits per heavy atom. The van der Waals surface area contributed by atoms with Crippen molar-refractivity contribution in [3.63, 3.8) is 0 Å². The fraction of sp³-hybridized carbons (Fsp3) is 0.727. The first-order chi connectivity index (χ1) is 8.57. The van der Waals surface area contributed by atoms with Crippen LogP contribution in [0.2, 0.25) is 0 Å². The predicted molar refractivity (Wildman–Crippen MR) is 68.4 cm³/mol. The number of hydrogen-bond donors (Lipinski definition) is 4. The number of ether oxygens (including phenoxy) is 2. The van der Waals surface area contributed by atoms with E-state index in [1.807, 2.05) is 0 Å². The highest BCUT2D eigenvalue weighted by molar-refractivity contribution is 5.61. The number of carboxylic acid groups (broad SMARTS) is 4. The molecule has 0 spiro atoms. The largest absolute Gasteiger partial charge is 0.509 e. The van der Waals surface area contributed by atoms with Crippen molar-refractivity contribution in [2.24, 2.45) is 0 Å². The summed E-state index contributed by atoms with van der Waals surface area (Å²) in [6.07, 6.45) is -4.28. The molecule has 0 saturated carbocycles. The summed E-state index contributed by atoms with van der Waals surface area (Å²) in [7, 11) is 0. The molecule has 0 aliphatic heterocycles. The van der Waals surface area contributed by atoms with E-state index in [2.05, 4.69) is 0 Å². The molecule has 9 heteroatoms. The molecule has 0 aliphatic carbocycles. The fourth-order valence-electron chi connectivity index (χ4n) is 0.521. The minimum atomic E-state index is -1.83. The molecule has 0 radical (unpaired) electrons. The highest BCUT2D eigenvalue weighted by Crippen LogP contribution is 2.13. The Hall–Kier alpha value is -2.19. The van der Waals surface area contributed by atoms with E-state index < -0.39 is 29.7 Å². The van der Waals surface area contributed by atoms with Crippen LogP contribution in [0.4, 0.5) is 14.4 Å². The van der Waals surface area contributed by atoms with Crippen LogP contribution >= 0.6 is 0 Å². The molecule has 0 amide bonds. The summed E-state index contributed by atoms with van der Waals surface area (Å²) in [6, 6.07) is 0. The SMILES string of the molecule is CC(C)(C)OC(=O)OC(C)(C)C.O=C(O)O.O=C(O)O.